The second kappa shape index (κ2) is 5.61. The lowest BCUT2D eigenvalue weighted by molar-refractivity contribution is 0.504. The maximum atomic E-state index is 4.33. The summed E-state index contributed by atoms with van der Waals surface area (Å²) in [6.45, 7) is 6.31. The molecular formula is C17H21N3. The van der Waals surface area contributed by atoms with Gasteiger partial charge in [-0.1, -0.05) is 24.3 Å². The molecular weight excluding hydrogens is 246 g/mol. The third-order valence-corrected chi connectivity index (χ3v) is 4.16. The standard InChI is InChI=1S/C17H21N3/c1-13-6-3-4-8-16(13)15-7-5-11-20(12-15)17-10-9-14(2)18-19-17/h3-4,6,8-10,15H,5,7,11-12H2,1-2H3/t15-/m1/s1. The van der Waals surface area contributed by atoms with Crippen LogP contribution < -0.4 is 4.90 Å². The second-order valence-corrected chi connectivity index (χ2v) is 5.67. The fourth-order valence-corrected chi connectivity index (χ4v) is 3.04. The van der Waals surface area contributed by atoms with Crippen molar-refractivity contribution in [2.75, 3.05) is 18.0 Å². The zero-order chi connectivity index (χ0) is 13.9. The summed E-state index contributed by atoms with van der Waals surface area (Å²) < 4.78 is 0. The number of piperidine rings is 1. The van der Waals surface area contributed by atoms with Crippen LogP contribution >= 0.6 is 0 Å². The van der Waals surface area contributed by atoms with E-state index in [1.165, 1.54) is 24.0 Å². The molecule has 20 heavy (non-hydrogen) atoms. The Balaban J connectivity index is 1.80. The zero-order valence-electron chi connectivity index (χ0n) is 12.2. The second-order valence-electron chi connectivity index (χ2n) is 5.67. The fourth-order valence-electron chi connectivity index (χ4n) is 3.04. The summed E-state index contributed by atoms with van der Waals surface area (Å²) in [5.74, 6) is 1.61. The van der Waals surface area contributed by atoms with Gasteiger partial charge < -0.3 is 4.90 Å². The monoisotopic (exact) mass is 267 g/mol. The molecule has 2 heterocycles. The van der Waals surface area contributed by atoms with E-state index in [0.29, 0.717) is 5.92 Å². The molecule has 104 valence electrons. The van der Waals surface area contributed by atoms with Crippen molar-refractivity contribution in [3.05, 3.63) is 53.2 Å². The SMILES string of the molecule is Cc1ccc(N2CCC[C@@H](c3ccccc3C)C2)nn1. The number of rotatable bonds is 2. The highest BCUT2D eigenvalue weighted by atomic mass is 15.3. The number of hydrogen-bond acceptors (Lipinski definition) is 3. The van der Waals surface area contributed by atoms with Crippen LogP contribution in [0.25, 0.3) is 0 Å². The Labute approximate surface area is 120 Å². The first-order valence-corrected chi connectivity index (χ1v) is 7.35. The van der Waals surface area contributed by atoms with Crippen molar-refractivity contribution in [2.24, 2.45) is 0 Å². The number of nitrogens with zero attached hydrogens (tertiary/aromatic N) is 3. The lowest BCUT2D eigenvalue weighted by Crippen LogP contribution is -2.35. The Kier molecular flexibility index (Phi) is 3.68. The lowest BCUT2D eigenvalue weighted by Gasteiger charge is -2.34. The summed E-state index contributed by atoms with van der Waals surface area (Å²) in [4.78, 5) is 2.37. The average molecular weight is 267 g/mol. The fraction of sp³-hybridized carbons (Fsp3) is 0.412. The van der Waals surface area contributed by atoms with E-state index in [1.54, 1.807) is 0 Å². The van der Waals surface area contributed by atoms with Gasteiger partial charge in [-0.3, -0.25) is 0 Å². The van der Waals surface area contributed by atoms with Gasteiger partial charge in [0.25, 0.3) is 0 Å². The number of hydrogen-bond donors (Lipinski definition) is 0. The number of aromatic nitrogens is 2. The van der Waals surface area contributed by atoms with Crippen LogP contribution in [0.5, 0.6) is 0 Å². The van der Waals surface area contributed by atoms with E-state index in [1.807, 2.05) is 13.0 Å². The molecule has 0 spiro atoms. The van der Waals surface area contributed by atoms with E-state index in [4.69, 9.17) is 0 Å². The van der Waals surface area contributed by atoms with E-state index < -0.39 is 0 Å². The van der Waals surface area contributed by atoms with E-state index in [-0.39, 0.29) is 0 Å². The molecule has 0 bridgehead atoms. The van der Waals surface area contributed by atoms with Crippen LogP contribution in [-0.4, -0.2) is 23.3 Å². The highest BCUT2D eigenvalue weighted by molar-refractivity contribution is 5.40. The molecule has 1 atom stereocenters. The molecule has 3 rings (SSSR count). The number of benzene rings is 1. The van der Waals surface area contributed by atoms with E-state index in [2.05, 4.69) is 52.4 Å². The van der Waals surface area contributed by atoms with Gasteiger partial charge in [0.05, 0.1) is 5.69 Å². The summed E-state index contributed by atoms with van der Waals surface area (Å²) in [7, 11) is 0. The Morgan fingerprint density at radius 2 is 1.90 bits per heavy atom. The minimum Gasteiger partial charge on any atom is -0.355 e. The first-order chi connectivity index (χ1) is 9.74. The van der Waals surface area contributed by atoms with Crippen LogP contribution in [0.1, 0.15) is 35.6 Å². The number of aryl methyl sites for hydroxylation is 2. The molecule has 1 aromatic carbocycles. The molecule has 1 fully saturated rings. The smallest absolute Gasteiger partial charge is 0.151 e. The highest BCUT2D eigenvalue weighted by Gasteiger charge is 2.23. The van der Waals surface area contributed by atoms with Crippen molar-refractivity contribution in [3.63, 3.8) is 0 Å². The first kappa shape index (κ1) is 13.1. The maximum absolute atomic E-state index is 4.33. The highest BCUT2D eigenvalue weighted by Crippen LogP contribution is 2.30. The molecule has 0 amide bonds. The van der Waals surface area contributed by atoms with Crippen LogP contribution in [0.15, 0.2) is 36.4 Å². The molecule has 1 aliphatic heterocycles. The van der Waals surface area contributed by atoms with Gasteiger partial charge >= 0.3 is 0 Å². The van der Waals surface area contributed by atoms with Crippen LogP contribution in [0.3, 0.4) is 0 Å². The summed E-state index contributed by atoms with van der Waals surface area (Å²) in [6.07, 6.45) is 2.48. The van der Waals surface area contributed by atoms with Crippen molar-refractivity contribution in [1.29, 1.82) is 0 Å². The topological polar surface area (TPSA) is 29.0 Å². The molecule has 0 radical (unpaired) electrons. The Morgan fingerprint density at radius 3 is 2.65 bits per heavy atom. The van der Waals surface area contributed by atoms with Crippen LogP contribution in [0.2, 0.25) is 0 Å². The van der Waals surface area contributed by atoms with Gasteiger partial charge in [-0.2, -0.15) is 5.10 Å². The molecule has 0 N–H and O–H groups in total. The quantitative estimate of drug-likeness (QED) is 0.834. The summed E-state index contributed by atoms with van der Waals surface area (Å²) in [5.41, 5.74) is 3.85. The first-order valence-electron chi connectivity index (χ1n) is 7.35. The van der Waals surface area contributed by atoms with E-state index >= 15 is 0 Å². The van der Waals surface area contributed by atoms with Crippen molar-refractivity contribution >= 4 is 5.82 Å². The van der Waals surface area contributed by atoms with Gasteiger partial charge in [0.2, 0.25) is 0 Å². The van der Waals surface area contributed by atoms with Gasteiger partial charge in [0, 0.05) is 19.0 Å². The van der Waals surface area contributed by atoms with Crippen LogP contribution in [0, 0.1) is 13.8 Å². The molecule has 1 saturated heterocycles. The molecule has 3 nitrogen and oxygen atoms in total. The average Bonchev–Trinajstić information content (AvgIpc) is 2.49. The zero-order valence-corrected chi connectivity index (χ0v) is 12.2. The van der Waals surface area contributed by atoms with Crippen LogP contribution in [-0.2, 0) is 0 Å². The molecule has 0 unspecified atom stereocenters. The molecule has 3 heteroatoms. The normalized spacial score (nSPS) is 19.1. The molecule has 0 saturated carbocycles. The van der Waals surface area contributed by atoms with E-state index in [9.17, 15) is 0 Å². The Morgan fingerprint density at radius 1 is 1.05 bits per heavy atom. The van der Waals surface area contributed by atoms with Gasteiger partial charge in [0.15, 0.2) is 5.82 Å². The summed E-state index contributed by atoms with van der Waals surface area (Å²) >= 11 is 0. The minimum atomic E-state index is 0.605. The molecule has 1 aromatic heterocycles. The van der Waals surface area contributed by atoms with Crippen molar-refractivity contribution in [2.45, 2.75) is 32.6 Å². The summed E-state index contributed by atoms with van der Waals surface area (Å²) in [6, 6.07) is 12.9. The molecule has 2 aromatic rings. The van der Waals surface area contributed by atoms with Gasteiger partial charge in [-0.15, -0.1) is 5.10 Å². The Hall–Kier alpha value is -1.90. The molecule has 0 aliphatic carbocycles. The van der Waals surface area contributed by atoms with Gasteiger partial charge in [-0.05, 0) is 49.9 Å². The van der Waals surface area contributed by atoms with Crippen LogP contribution in [0.4, 0.5) is 5.82 Å². The van der Waals surface area contributed by atoms with Crippen molar-refractivity contribution in [1.82, 2.24) is 10.2 Å². The number of anilines is 1. The lowest BCUT2D eigenvalue weighted by atomic mass is 9.88. The Bertz CT molecular complexity index is 577. The predicted molar refractivity (Wildman–Crippen MR) is 82.1 cm³/mol. The van der Waals surface area contributed by atoms with Gasteiger partial charge in [-0.25, -0.2) is 0 Å². The van der Waals surface area contributed by atoms with Gasteiger partial charge in [0.1, 0.15) is 0 Å². The predicted octanol–water partition coefficient (Wildman–Crippen LogP) is 3.48. The third kappa shape index (κ3) is 2.67. The van der Waals surface area contributed by atoms with Crippen molar-refractivity contribution < 1.29 is 0 Å². The summed E-state index contributed by atoms with van der Waals surface area (Å²) in [5, 5.41) is 8.51. The van der Waals surface area contributed by atoms with Crippen molar-refractivity contribution in [3.8, 4) is 0 Å². The largest absolute Gasteiger partial charge is 0.355 e. The minimum absolute atomic E-state index is 0.605. The third-order valence-electron chi connectivity index (χ3n) is 4.16. The molecule has 1 aliphatic rings. The van der Waals surface area contributed by atoms with E-state index in [0.717, 1.165) is 24.6 Å². The maximum Gasteiger partial charge on any atom is 0.151 e.